The maximum absolute atomic E-state index is 9.40. The molecule has 0 amide bonds. The van der Waals surface area contributed by atoms with Crippen molar-refractivity contribution in [3.05, 3.63) is 0 Å². The van der Waals surface area contributed by atoms with Crippen LogP contribution in [0.15, 0.2) is 0 Å². The highest BCUT2D eigenvalue weighted by Gasteiger charge is 2.26. The van der Waals surface area contributed by atoms with E-state index in [0.29, 0.717) is 12.6 Å². The van der Waals surface area contributed by atoms with E-state index in [1.54, 1.807) is 0 Å². The monoisotopic (exact) mass is 231 g/mol. The summed E-state index contributed by atoms with van der Waals surface area (Å²) in [6, 6.07) is 0.343. The lowest BCUT2D eigenvalue weighted by molar-refractivity contribution is -0.0576. The van der Waals surface area contributed by atoms with Crippen LogP contribution in [0.4, 0.5) is 0 Å². The summed E-state index contributed by atoms with van der Waals surface area (Å²) in [6.07, 6.45) is 2.21. The molecule has 4 heteroatoms. The molecule has 1 saturated heterocycles. The first-order valence-electron chi connectivity index (χ1n) is 6.13. The van der Waals surface area contributed by atoms with E-state index in [1.165, 1.54) is 0 Å². The zero-order valence-corrected chi connectivity index (χ0v) is 10.7. The van der Waals surface area contributed by atoms with Crippen molar-refractivity contribution in [3.8, 4) is 0 Å². The van der Waals surface area contributed by atoms with Crippen LogP contribution in [0.2, 0.25) is 0 Å². The fraction of sp³-hybridized carbons (Fsp3) is 1.00. The van der Waals surface area contributed by atoms with E-state index < -0.39 is 0 Å². The molecule has 0 aromatic rings. The molecular formula is C12H25NO3. The third kappa shape index (κ3) is 4.78. The number of rotatable bonds is 6. The average molecular weight is 231 g/mol. The summed E-state index contributed by atoms with van der Waals surface area (Å²) in [6.45, 7) is 8.36. The Kier molecular flexibility index (Phi) is 5.69. The predicted octanol–water partition coefficient (Wildman–Crippen LogP) is 0.931. The SMILES string of the molecule is CC(C)NC(C)(CO)COC1CCOCC1. The number of aliphatic hydroxyl groups excluding tert-OH is 1. The summed E-state index contributed by atoms with van der Waals surface area (Å²) in [5.74, 6) is 0. The fourth-order valence-electron chi connectivity index (χ4n) is 1.97. The molecule has 1 unspecified atom stereocenters. The van der Waals surface area contributed by atoms with Crippen LogP contribution < -0.4 is 5.32 Å². The molecule has 1 rings (SSSR count). The second-order valence-electron chi connectivity index (χ2n) is 5.14. The van der Waals surface area contributed by atoms with Gasteiger partial charge in [-0.25, -0.2) is 0 Å². The Morgan fingerprint density at radius 2 is 2.06 bits per heavy atom. The third-order valence-corrected chi connectivity index (χ3v) is 2.79. The van der Waals surface area contributed by atoms with Gasteiger partial charge in [-0.1, -0.05) is 13.8 Å². The van der Waals surface area contributed by atoms with Gasteiger partial charge in [-0.2, -0.15) is 0 Å². The minimum atomic E-state index is -0.341. The molecular weight excluding hydrogens is 206 g/mol. The molecule has 1 aliphatic heterocycles. The molecule has 0 aromatic carbocycles. The lowest BCUT2D eigenvalue weighted by Crippen LogP contribution is -2.53. The van der Waals surface area contributed by atoms with E-state index in [9.17, 15) is 5.11 Å². The smallest absolute Gasteiger partial charge is 0.0671 e. The molecule has 0 bridgehead atoms. The molecule has 16 heavy (non-hydrogen) atoms. The van der Waals surface area contributed by atoms with Crippen LogP contribution in [-0.2, 0) is 9.47 Å². The number of ether oxygens (including phenoxy) is 2. The first kappa shape index (κ1) is 13.9. The van der Waals surface area contributed by atoms with Crippen molar-refractivity contribution in [1.82, 2.24) is 5.32 Å². The number of nitrogens with one attached hydrogen (secondary N) is 1. The largest absolute Gasteiger partial charge is 0.394 e. The van der Waals surface area contributed by atoms with Gasteiger partial charge < -0.3 is 19.9 Å². The first-order chi connectivity index (χ1) is 7.56. The molecule has 1 fully saturated rings. The Morgan fingerprint density at radius 1 is 1.44 bits per heavy atom. The topological polar surface area (TPSA) is 50.7 Å². The van der Waals surface area contributed by atoms with Crippen LogP contribution in [0.3, 0.4) is 0 Å². The summed E-state index contributed by atoms with van der Waals surface area (Å²) in [7, 11) is 0. The fourth-order valence-corrected chi connectivity index (χ4v) is 1.97. The second kappa shape index (κ2) is 6.55. The highest BCUT2D eigenvalue weighted by Crippen LogP contribution is 2.14. The van der Waals surface area contributed by atoms with E-state index in [0.717, 1.165) is 26.1 Å². The van der Waals surface area contributed by atoms with Crippen molar-refractivity contribution < 1.29 is 14.6 Å². The Morgan fingerprint density at radius 3 is 2.56 bits per heavy atom. The zero-order valence-electron chi connectivity index (χ0n) is 10.7. The average Bonchev–Trinajstić information content (AvgIpc) is 2.27. The summed E-state index contributed by atoms with van der Waals surface area (Å²) in [5, 5.41) is 12.7. The van der Waals surface area contributed by atoms with E-state index in [4.69, 9.17) is 9.47 Å². The Balaban J connectivity index is 2.31. The van der Waals surface area contributed by atoms with Gasteiger partial charge in [0, 0.05) is 19.3 Å². The highest BCUT2D eigenvalue weighted by atomic mass is 16.5. The summed E-state index contributed by atoms with van der Waals surface area (Å²) in [4.78, 5) is 0. The van der Waals surface area contributed by atoms with Crippen molar-refractivity contribution >= 4 is 0 Å². The van der Waals surface area contributed by atoms with Gasteiger partial charge in [0.2, 0.25) is 0 Å². The number of aliphatic hydroxyl groups is 1. The molecule has 1 atom stereocenters. The van der Waals surface area contributed by atoms with Gasteiger partial charge in [0.25, 0.3) is 0 Å². The highest BCUT2D eigenvalue weighted by molar-refractivity contribution is 4.84. The van der Waals surface area contributed by atoms with E-state index in [-0.39, 0.29) is 18.2 Å². The van der Waals surface area contributed by atoms with Crippen molar-refractivity contribution in [3.63, 3.8) is 0 Å². The minimum absolute atomic E-state index is 0.0917. The molecule has 1 heterocycles. The van der Waals surface area contributed by atoms with Gasteiger partial charge in [-0.3, -0.25) is 0 Å². The molecule has 1 aliphatic rings. The standard InChI is InChI=1S/C12H25NO3/c1-10(2)13-12(3,8-14)9-16-11-4-6-15-7-5-11/h10-11,13-14H,4-9H2,1-3H3. The molecule has 0 aromatic heterocycles. The van der Waals surface area contributed by atoms with E-state index >= 15 is 0 Å². The number of hydrogen-bond acceptors (Lipinski definition) is 4. The summed E-state index contributed by atoms with van der Waals surface area (Å²) < 4.78 is 11.1. The second-order valence-corrected chi connectivity index (χ2v) is 5.14. The molecule has 0 radical (unpaired) electrons. The molecule has 0 aliphatic carbocycles. The van der Waals surface area contributed by atoms with Crippen LogP contribution in [0.1, 0.15) is 33.6 Å². The molecule has 0 spiro atoms. The zero-order chi connectivity index (χ0) is 12.0. The van der Waals surface area contributed by atoms with Crippen LogP contribution in [0, 0.1) is 0 Å². The Hall–Kier alpha value is -0.160. The van der Waals surface area contributed by atoms with Gasteiger partial charge in [0.1, 0.15) is 0 Å². The lowest BCUT2D eigenvalue weighted by atomic mass is 10.0. The summed E-state index contributed by atoms with van der Waals surface area (Å²) >= 11 is 0. The van der Waals surface area contributed by atoms with Crippen molar-refractivity contribution in [2.45, 2.75) is 51.3 Å². The van der Waals surface area contributed by atoms with Gasteiger partial charge in [-0.05, 0) is 19.8 Å². The predicted molar refractivity (Wildman–Crippen MR) is 63.6 cm³/mol. The quantitative estimate of drug-likeness (QED) is 0.714. The van der Waals surface area contributed by atoms with Crippen LogP contribution >= 0.6 is 0 Å². The maximum atomic E-state index is 9.40. The van der Waals surface area contributed by atoms with Crippen LogP contribution in [-0.4, -0.2) is 49.2 Å². The van der Waals surface area contributed by atoms with Gasteiger partial charge in [0.15, 0.2) is 0 Å². The van der Waals surface area contributed by atoms with Crippen LogP contribution in [0.25, 0.3) is 0 Å². The van der Waals surface area contributed by atoms with Gasteiger partial charge >= 0.3 is 0 Å². The number of hydrogen-bond donors (Lipinski definition) is 2. The summed E-state index contributed by atoms with van der Waals surface area (Å²) in [5.41, 5.74) is -0.341. The minimum Gasteiger partial charge on any atom is -0.394 e. The van der Waals surface area contributed by atoms with Gasteiger partial charge in [0.05, 0.1) is 24.9 Å². The molecule has 96 valence electrons. The third-order valence-electron chi connectivity index (χ3n) is 2.79. The Bertz CT molecular complexity index is 193. The maximum Gasteiger partial charge on any atom is 0.0671 e. The Labute approximate surface area is 98.3 Å². The van der Waals surface area contributed by atoms with E-state index in [2.05, 4.69) is 19.2 Å². The normalized spacial score (nSPS) is 22.3. The molecule has 4 nitrogen and oxygen atoms in total. The first-order valence-corrected chi connectivity index (χ1v) is 6.13. The van der Waals surface area contributed by atoms with Gasteiger partial charge in [-0.15, -0.1) is 0 Å². The molecule has 0 saturated carbocycles. The van der Waals surface area contributed by atoms with Crippen molar-refractivity contribution in [2.24, 2.45) is 0 Å². The lowest BCUT2D eigenvalue weighted by Gasteiger charge is -2.33. The van der Waals surface area contributed by atoms with Crippen molar-refractivity contribution in [2.75, 3.05) is 26.4 Å². The van der Waals surface area contributed by atoms with Crippen LogP contribution in [0.5, 0.6) is 0 Å². The van der Waals surface area contributed by atoms with E-state index in [1.807, 2.05) is 6.92 Å². The molecule has 2 N–H and O–H groups in total. The van der Waals surface area contributed by atoms with Crippen molar-refractivity contribution in [1.29, 1.82) is 0 Å².